The van der Waals surface area contributed by atoms with Crippen molar-refractivity contribution in [1.29, 1.82) is 5.26 Å². The highest BCUT2D eigenvalue weighted by molar-refractivity contribution is 6.10. The van der Waals surface area contributed by atoms with Gasteiger partial charge in [-0.05, 0) is 24.3 Å². The Morgan fingerprint density at radius 2 is 1.76 bits per heavy atom. The molecule has 5 nitrogen and oxygen atoms in total. The maximum absolute atomic E-state index is 12.2. The van der Waals surface area contributed by atoms with E-state index in [2.05, 4.69) is 5.32 Å². The fraction of sp³-hybridized carbons (Fsp3) is 0. The Morgan fingerprint density at radius 1 is 1.04 bits per heavy atom. The summed E-state index contributed by atoms with van der Waals surface area (Å²) in [5.41, 5.74) is 1.01. The fourth-order valence-corrected chi connectivity index (χ4v) is 2.25. The van der Waals surface area contributed by atoms with E-state index in [4.69, 9.17) is 4.42 Å². The van der Waals surface area contributed by atoms with Gasteiger partial charge in [-0.25, -0.2) is 0 Å². The first-order valence-electron chi connectivity index (χ1n) is 7.54. The monoisotopic (exact) mass is 330 g/mol. The van der Waals surface area contributed by atoms with Crippen molar-refractivity contribution < 1.29 is 14.3 Å². The number of nitrogens with zero attached hydrogens (tertiary/aromatic N) is 1. The van der Waals surface area contributed by atoms with Gasteiger partial charge in [0.25, 0.3) is 5.91 Å². The Balaban J connectivity index is 1.81. The molecule has 0 spiro atoms. The first kappa shape index (κ1) is 16.1. The van der Waals surface area contributed by atoms with Crippen LogP contribution in [0.3, 0.4) is 0 Å². The number of benzene rings is 2. The number of nitriles is 1. The van der Waals surface area contributed by atoms with Gasteiger partial charge in [0, 0.05) is 11.6 Å². The predicted molar refractivity (Wildman–Crippen MR) is 94.5 cm³/mol. The lowest BCUT2D eigenvalue weighted by Gasteiger charge is -2.05. The van der Waals surface area contributed by atoms with Crippen LogP contribution in [0.4, 0.5) is 5.69 Å². The third-order valence-corrected chi connectivity index (χ3v) is 3.49. The zero-order chi connectivity index (χ0) is 17.6. The number of para-hydroxylation sites is 2. The lowest BCUT2D eigenvalue weighted by Crippen LogP contribution is -2.13. The topological polar surface area (TPSA) is 86.3 Å². The molecule has 3 aromatic rings. The van der Waals surface area contributed by atoms with Crippen molar-refractivity contribution in [2.45, 2.75) is 0 Å². The molecule has 0 bridgehead atoms. The molecule has 0 aliphatic rings. The highest BCUT2D eigenvalue weighted by Gasteiger charge is 2.13. The van der Waals surface area contributed by atoms with Gasteiger partial charge < -0.3 is 14.8 Å². The van der Waals surface area contributed by atoms with Crippen molar-refractivity contribution in [2.75, 3.05) is 5.32 Å². The van der Waals surface area contributed by atoms with Gasteiger partial charge in [0.05, 0.1) is 5.69 Å². The van der Waals surface area contributed by atoms with E-state index < -0.39 is 5.91 Å². The second-order valence-corrected chi connectivity index (χ2v) is 5.21. The first-order valence-corrected chi connectivity index (χ1v) is 7.54. The number of phenols is 1. The molecule has 1 heterocycles. The summed E-state index contributed by atoms with van der Waals surface area (Å²) in [6, 6.07) is 21.1. The van der Waals surface area contributed by atoms with Crippen molar-refractivity contribution in [2.24, 2.45) is 0 Å². The molecule has 0 unspecified atom stereocenters. The van der Waals surface area contributed by atoms with Crippen LogP contribution in [0, 0.1) is 11.3 Å². The molecule has 0 radical (unpaired) electrons. The van der Waals surface area contributed by atoms with Gasteiger partial charge in [0.1, 0.15) is 28.9 Å². The van der Waals surface area contributed by atoms with E-state index in [1.807, 2.05) is 36.4 Å². The van der Waals surface area contributed by atoms with Crippen LogP contribution in [0.1, 0.15) is 5.76 Å². The molecular weight excluding hydrogens is 316 g/mol. The molecule has 0 atom stereocenters. The average molecular weight is 330 g/mol. The maximum atomic E-state index is 12.2. The zero-order valence-corrected chi connectivity index (χ0v) is 13.1. The van der Waals surface area contributed by atoms with Crippen molar-refractivity contribution in [3.8, 4) is 23.1 Å². The number of anilines is 1. The Labute approximate surface area is 144 Å². The summed E-state index contributed by atoms with van der Waals surface area (Å²) < 4.78 is 5.67. The summed E-state index contributed by atoms with van der Waals surface area (Å²) in [6.45, 7) is 0. The Hall–Kier alpha value is -3.78. The largest absolute Gasteiger partial charge is 0.506 e. The van der Waals surface area contributed by atoms with Crippen LogP contribution in [0.25, 0.3) is 17.4 Å². The molecule has 122 valence electrons. The molecule has 3 rings (SSSR count). The summed E-state index contributed by atoms with van der Waals surface area (Å²) in [5, 5.41) is 21.4. The minimum Gasteiger partial charge on any atom is -0.506 e. The van der Waals surface area contributed by atoms with Crippen LogP contribution < -0.4 is 5.32 Å². The van der Waals surface area contributed by atoms with Crippen molar-refractivity contribution in [3.05, 3.63) is 78.1 Å². The summed E-state index contributed by atoms with van der Waals surface area (Å²) in [7, 11) is 0. The molecule has 0 aliphatic carbocycles. The van der Waals surface area contributed by atoms with Crippen LogP contribution in [-0.2, 0) is 4.79 Å². The van der Waals surface area contributed by atoms with E-state index in [0.29, 0.717) is 11.5 Å². The van der Waals surface area contributed by atoms with Gasteiger partial charge in [-0.15, -0.1) is 0 Å². The summed E-state index contributed by atoms with van der Waals surface area (Å²) in [5.74, 6) is 0.340. The van der Waals surface area contributed by atoms with E-state index in [1.54, 1.807) is 30.3 Å². The minimum atomic E-state index is -0.623. The number of amides is 1. The van der Waals surface area contributed by atoms with Crippen LogP contribution in [0.5, 0.6) is 5.75 Å². The number of hydrogen-bond donors (Lipinski definition) is 2. The van der Waals surface area contributed by atoms with E-state index >= 15 is 0 Å². The Kier molecular flexibility index (Phi) is 4.63. The Bertz CT molecular complexity index is 966. The lowest BCUT2D eigenvalue weighted by molar-refractivity contribution is -0.112. The molecule has 5 heteroatoms. The van der Waals surface area contributed by atoms with Crippen molar-refractivity contribution in [3.63, 3.8) is 0 Å². The Morgan fingerprint density at radius 3 is 2.48 bits per heavy atom. The maximum Gasteiger partial charge on any atom is 0.266 e. The van der Waals surface area contributed by atoms with Gasteiger partial charge in [0.15, 0.2) is 0 Å². The predicted octanol–water partition coefficient (Wildman–Crippen LogP) is 4.20. The van der Waals surface area contributed by atoms with Gasteiger partial charge in [-0.2, -0.15) is 5.26 Å². The summed E-state index contributed by atoms with van der Waals surface area (Å²) >= 11 is 0. The number of carbonyl (C=O) groups excluding carboxylic acids is 1. The number of phenolic OH excluding ortho intramolecular Hbond substituents is 1. The van der Waals surface area contributed by atoms with Crippen LogP contribution in [0.15, 0.2) is 76.7 Å². The molecule has 2 N–H and O–H groups in total. The highest BCUT2D eigenvalue weighted by Crippen LogP contribution is 2.24. The lowest BCUT2D eigenvalue weighted by atomic mass is 10.2. The van der Waals surface area contributed by atoms with E-state index in [0.717, 1.165) is 5.56 Å². The quantitative estimate of drug-likeness (QED) is 0.426. The van der Waals surface area contributed by atoms with Crippen LogP contribution in [-0.4, -0.2) is 11.0 Å². The van der Waals surface area contributed by atoms with Gasteiger partial charge in [-0.1, -0.05) is 42.5 Å². The SMILES string of the molecule is N#CC(=Cc1ccc(-c2ccccc2)o1)C(=O)Nc1ccccc1O. The van der Waals surface area contributed by atoms with Crippen molar-refractivity contribution >= 4 is 17.7 Å². The number of carbonyl (C=O) groups is 1. The van der Waals surface area contributed by atoms with E-state index in [1.165, 1.54) is 12.1 Å². The summed E-state index contributed by atoms with van der Waals surface area (Å²) in [4.78, 5) is 12.2. The van der Waals surface area contributed by atoms with E-state index in [-0.39, 0.29) is 17.0 Å². The van der Waals surface area contributed by atoms with Gasteiger partial charge in [-0.3, -0.25) is 4.79 Å². The zero-order valence-electron chi connectivity index (χ0n) is 13.1. The third-order valence-electron chi connectivity index (χ3n) is 3.49. The van der Waals surface area contributed by atoms with Crippen LogP contribution in [0.2, 0.25) is 0 Å². The summed E-state index contributed by atoms with van der Waals surface area (Å²) in [6.07, 6.45) is 1.36. The van der Waals surface area contributed by atoms with Gasteiger partial charge in [0.2, 0.25) is 0 Å². The first-order chi connectivity index (χ1) is 12.2. The molecule has 2 aromatic carbocycles. The normalized spacial score (nSPS) is 10.9. The van der Waals surface area contributed by atoms with Gasteiger partial charge >= 0.3 is 0 Å². The number of hydrogen-bond acceptors (Lipinski definition) is 4. The number of rotatable bonds is 4. The van der Waals surface area contributed by atoms with Crippen LogP contribution >= 0.6 is 0 Å². The molecule has 0 saturated carbocycles. The number of nitrogens with one attached hydrogen (secondary N) is 1. The number of aromatic hydroxyl groups is 1. The molecular formula is C20H14N2O3. The number of furan rings is 1. The molecule has 0 saturated heterocycles. The molecule has 25 heavy (non-hydrogen) atoms. The average Bonchev–Trinajstić information content (AvgIpc) is 3.11. The van der Waals surface area contributed by atoms with Crippen molar-refractivity contribution in [1.82, 2.24) is 0 Å². The molecule has 0 aliphatic heterocycles. The minimum absolute atomic E-state index is 0.0718. The second-order valence-electron chi connectivity index (χ2n) is 5.21. The smallest absolute Gasteiger partial charge is 0.266 e. The van der Waals surface area contributed by atoms with E-state index in [9.17, 15) is 15.2 Å². The standard InChI is InChI=1S/C20H14N2O3/c21-13-15(20(24)22-17-8-4-5-9-18(17)23)12-16-10-11-19(25-16)14-6-2-1-3-7-14/h1-12,23H,(H,22,24). The third kappa shape index (κ3) is 3.77. The molecule has 1 aromatic heterocycles. The molecule has 1 amide bonds. The molecule has 0 fully saturated rings. The second kappa shape index (κ2) is 7.20. The fourth-order valence-electron chi connectivity index (χ4n) is 2.25. The highest BCUT2D eigenvalue weighted by atomic mass is 16.3.